The molecule has 4 aromatic rings. The monoisotopic (exact) mass is 706 g/mol. The quantitative estimate of drug-likeness (QED) is 0.137. The summed E-state index contributed by atoms with van der Waals surface area (Å²) in [6.07, 6.45) is 0. The SMILES string of the molecule is Cc1cc2c(cc1O[Si](C(C)C)(C(C)C)C(C)C)N(c1ccccc1)N(c1ccccc1)c1cc(O[Si](C(C)C)(C(C)C)C(C)C)c(C)cc1-2. The van der Waals surface area contributed by atoms with E-state index in [-0.39, 0.29) is 0 Å². The van der Waals surface area contributed by atoms with Gasteiger partial charge in [0.25, 0.3) is 16.6 Å². The van der Waals surface area contributed by atoms with E-state index in [1.807, 2.05) is 0 Å². The third-order valence-corrected chi connectivity index (χ3v) is 23.5. The van der Waals surface area contributed by atoms with Gasteiger partial charge < -0.3 is 8.85 Å². The van der Waals surface area contributed by atoms with Gasteiger partial charge >= 0.3 is 0 Å². The molecule has 0 saturated carbocycles. The molecule has 4 nitrogen and oxygen atoms in total. The van der Waals surface area contributed by atoms with Crippen molar-refractivity contribution in [2.24, 2.45) is 0 Å². The van der Waals surface area contributed by atoms with Gasteiger partial charge in [0.2, 0.25) is 0 Å². The van der Waals surface area contributed by atoms with Crippen molar-refractivity contribution >= 4 is 39.4 Å². The van der Waals surface area contributed by atoms with Crippen molar-refractivity contribution in [3.8, 4) is 22.6 Å². The molecule has 50 heavy (non-hydrogen) atoms. The molecule has 0 spiro atoms. The second-order valence-electron chi connectivity index (χ2n) is 16.4. The topological polar surface area (TPSA) is 24.9 Å². The van der Waals surface area contributed by atoms with Crippen molar-refractivity contribution in [3.05, 3.63) is 96.1 Å². The first-order valence-corrected chi connectivity index (χ1v) is 23.2. The summed E-state index contributed by atoms with van der Waals surface area (Å²) in [6, 6.07) is 31.0. The zero-order valence-corrected chi connectivity index (χ0v) is 35.3. The highest BCUT2D eigenvalue weighted by Crippen LogP contribution is 2.55. The maximum Gasteiger partial charge on any atom is 0.258 e. The normalized spacial score (nSPS) is 13.6. The fraction of sp³-hybridized carbons (Fsp3) is 0.455. The van der Waals surface area contributed by atoms with E-state index in [4.69, 9.17) is 8.85 Å². The number of nitrogens with zero attached hydrogens (tertiary/aromatic N) is 2. The van der Waals surface area contributed by atoms with E-state index in [0.717, 1.165) is 34.2 Å². The Balaban J connectivity index is 1.83. The molecule has 4 aromatic carbocycles. The molecule has 0 aliphatic carbocycles. The fourth-order valence-electron chi connectivity index (χ4n) is 9.31. The maximum absolute atomic E-state index is 7.44. The zero-order chi connectivity index (χ0) is 36.7. The molecule has 268 valence electrons. The fourth-order valence-corrected chi connectivity index (χ4v) is 19.9. The summed E-state index contributed by atoms with van der Waals surface area (Å²) in [7, 11) is -4.42. The van der Waals surface area contributed by atoms with Gasteiger partial charge in [-0.2, -0.15) is 0 Å². The first-order valence-electron chi connectivity index (χ1n) is 19.0. The van der Waals surface area contributed by atoms with Gasteiger partial charge in [-0.05, 0) is 94.6 Å². The van der Waals surface area contributed by atoms with Crippen LogP contribution in [-0.2, 0) is 0 Å². The second-order valence-corrected chi connectivity index (χ2v) is 27.2. The number of para-hydroxylation sites is 2. The summed E-state index contributed by atoms with van der Waals surface area (Å²) in [5.74, 6) is 2.00. The molecule has 0 aromatic heterocycles. The standard InChI is InChI=1S/C44H62N2O2Si2/c1-29(2)49(30(3)4,31(5)6)47-43-27-41-39(25-35(43)13)40-26-36(14)44(48-50(32(7)8,33(9)10)34(11)12)28-42(40)46(38-23-19-16-20-24-38)45(41)37-21-17-15-18-22-37/h15-34H,1-14H3. The van der Waals surface area contributed by atoms with Gasteiger partial charge in [0, 0.05) is 23.3 Å². The highest BCUT2D eigenvalue weighted by molar-refractivity contribution is 6.78. The minimum absolute atomic E-state index is 0.476. The number of hydrogen-bond donors (Lipinski definition) is 0. The molecule has 6 heteroatoms. The van der Waals surface area contributed by atoms with Crippen molar-refractivity contribution < 1.29 is 8.85 Å². The van der Waals surface area contributed by atoms with Crippen molar-refractivity contribution in [3.63, 3.8) is 0 Å². The van der Waals surface area contributed by atoms with E-state index in [9.17, 15) is 0 Å². The van der Waals surface area contributed by atoms with Crippen molar-refractivity contribution in [2.75, 3.05) is 10.0 Å². The summed E-state index contributed by atoms with van der Waals surface area (Å²) in [5.41, 5.74) is 12.1. The first-order chi connectivity index (χ1) is 23.6. The van der Waals surface area contributed by atoms with Crippen molar-refractivity contribution in [1.82, 2.24) is 0 Å². The molecule has 0 fully saturated rings. The van der Waals surface area contributed by atoms with Gasteiger partial charge in [-0.1, -0.05) is 119 Å². The Morgan fingerprint density at radius 1 is 0.420 bits per heavy atom. The molecule has 0 amide bonds. The number of hydrazine groups is 1. The number of fused-ring (bicyclic) bond motifs is 3. The Hall–Kier alpha value is -3.49. The molecule has 0 bridgehead atoms. The van der Waals surface area contributed by atoms with E-state index in [2.05, 4.69) is 192 Å². The molecule has 5 rings (SSSR count). The van der Waals surface area contributed by atoms with Crippen LogP contribution in [0.5, 0.6) is 11.5 Å². The third kappa shape index (κ3) is 6.43. The van der Waals surface area contributed by atoms with Crippen LogP contribution in [0.4, 0.5) is 22.7 Å². The number of aryl methyl sites for hydroxylation is 2. The summed E-state index contributed by atoms with van der Waals surface area (Å²) in [6.45, 7) is 32.8. The van der Waals surface area contributed by atoms with Crippen molar-refractivity contribution in [2.45, 2.75) is 130 Å². The van der Waals surface area contributed by atoms with Gasteiger partial charge in [-0.3, -0.25) is 0 Å². The molecular weight excluding hydrogens is 645 g/mol. The third-order valence-electron chi connectivity index (χ3n) is 11.5. The molecule has 0 unspecified atom stereocenters. The Labute approximate surface area is 306 Å². The van der Waals surface area contributed by atoms with Crippen molar-refractivity contribution in [1.29, 1.82) is 0 Å². The minimum Gasteiger partial charge on any atom is -0.542 e. The molecule has 0 atom stereocenters. The lowest BCUT2D eigenvalue weighted by Crippen LogP contribution is -2.51. The summed E-state index contributed by atoms with van der Waals surface area (Å²) >= 11 is 0. The largest absolute Gasteiger partial charge is 0.542 e. The van der Waals surface area contributed by atoms with E-state index >= 15 is 0 Å². The number of rotatable bonds is 12. The predicted octanol–water partition coefficient (Wildman–Crippen LogP) is 14.3. The molecule has 1 aliphatic heterocycles. The lowest BCUT2D eigenvalue weighted by atomic mass is 9.94. The van der Waals surface area contributed by atoms with Crippen LogP contribution >= 0.6 is 0 Å². The number of anilines is 4. The molecule has 0 N–H and O–H groups in total. The van der Waals surface area contributed by atoms with E-state index in [0.29, 0.717) is 33.2 Å². The van der Waals surface area contributed by atoms with Crippen LogP contribution in [0.2, 0.25) is 33.2 Å². The molecule has 1 heterocycles. The van der Waals surface area contributed by atoms with Gasteiger partial charge in [-0.15, -0.1) is 0 Å². The average Bonchev–Trinajstić information content (AvgIpc) is 3.05. The summed E-state index contributed by atoms with van der Waals surface area (Å²) in [5, 5.41) is 4.78. The Morgan fingerprint density at radius 3 is 0.960 bits per heavy atom. The summed E-state index contributed by atoms with van der Waals surface area (Å²) in [4.78, 5) is 0. The number of hydrogen-bond acceptors (Lipinski definition) is 4. The lowest BCUT2D eigenvalue weighted by Gasteiger charge is -2.46. The molecule has 0 saturated heterocycles. The van der Waals surface area contributed by atoms with Crippen LogP contribution in [0.15, 0.2) is 84.9 Å². The number of benzene rings is 4. The van der Waals surface area contributed by atoms with Gasteiger partial charge in [-0.25, -0.2) is 10.0 Å². The van der Waals surface area contributed by atoms with Crippen LogP contribution < -0.4 is 18.9 Å². The zero-order valence-electron chi connectivity index (χ0n) is 33.3. The van der Waals surface area contributed by atoms with Crippen LogP contribution in [0.1, 0.15) is 94.2 Å². The molecule has 1 aliphatic rings. The van der Waals surface area contributed by atoms with Crippen LogP contribution in [0.25, 0.3) is 11.1 Å². The lowest BCUT2D eigenvalue weighted by molar-refractivity contribution is 0.476. The smallest absolute Gasteiger partial charge is 0.258 e. The first kappa shape index (κ1) is 37.8. The van der Waals surface area contributed by atoms with Gasteiger partial charge in [0.15, 0.2) is 0 Å². The Morgan fingerprint density at radius 2 is 0.700 bits per heavy atom. The van der Waals surface area contributed by atoms with Crippen LogP contribution in [0.3, 0.4) is 0 Å². The van der Waals surface area contributed by atoms with Gasteiger partial charge in [0.1, 0.15) is 11.5 Å². The highest BCUT2D eigenvalue weighted by Gasteiger charge is 2.49. The van der Waals surface area contributed by atoms with Gasteiger partial charge in [0.05, 0.1) is 22.7 Å². The predicted molar refractivity (Wildman–Crippen MR) is 222 cm³/mol. The van der Waals surface area contributed by atoms with Crippen LogP contribution in [0, 0.1) is 13.8 Å². The molecular formula is C44H62N2O2Si2. The molecule has 0 radical (unpaired) electrons. The Kier molecular flexibility index (Phi) is 11.0. The average molecular weight is 707 g/mol. The second kappa shape index (κ2) is 14.6. The highest BCUT2D eigenvalue weighted by atomic mass is 28.4. The van der Waals surface area contributed by atoms with E-state index in [1.165, 1.54) is 22.3 Å². The van der Waals surface area contributed by atoms with Crippen LogP contribution in [-0.4, -0.2) is 16.6 Å². The maximum atomic E-state index is 7.44. The minimum atomic E-state index is -2.21. The summed E-state index contributed by atoms with van der Waals surface area (Å²) < 4.78 is 14.9. The Bertz CT molecular complexity index is 1590. The van der Waals surface area contributed by atoms with E-state index < -0.39 is 16.6 Å². The van der Waals surface area contributed by atoms with E-state index in [1.54, 1.807) is 0 Å².